The van der Waals surface area contributed by atoms with Gasteiger partial charge >= 0.3 is 0 Å². The third kappa shape index (κ3) is 1.17. The molecule has 0 saturated carbocycles. The van der Waals surface area contributed by atoms with E-state index in [4.69, 9.17) is 14.6 Å². The van der Waals surface area contributed by atoms with Gasteiger partial charge in [0.15, 0.2) is 18.9 Å². The molecule has 0 amide bonds. The van der Waals surface area contributed by atoms with Crippen LogP contribution in [-0.2, 0) is 14.3 Å². The molecule has 0 radical (unpaired) electrons. The number of rotatable bonds is 2. The fourth-order valence-corrected chi connectivity index (χ4v) is 0.662. The summed E-state index contributed by atoms with van der Waals surface area (Å²) in [6.45, 7) is 1.70. The predicted octanol–water partition coefficient (Wildman–Crippen LogP) is 0.346. The van der Waals surface area contributed by atoms with Crippen LogP contribution in [0.4, 0.5) is 0 Å². The van der Waals surface area contributed by atoms with Crippen LogP contribution in [-0.4, -0.2) is 24.0 Å². The summed E-state index contributed by atoms with van der Waals surface area (Å²) < 4.78 is 9.80. The summed E-state index contributed by atoms with van der Waals surface area (Å²) in [5.41, 5.74) is 0.109. The number of carbonyl (C=O) groups is 1. The molecule has 0 aromatic heterocycles. The molecule has 1 aliphatic heterocycles. The van der Waals surface area contributed by atoms with E-state index in [0.29, 0.717) is 12.5 Å². The van der Waals surface area contributed by atoms with Crippen molar-refractivity contribution in [2.24, 2.45) is 0 Å². The number of ether oxygens (including phenoxy) is 2. The third-order valence-electron chi connectivity index (χ3n) is 1.19. The van der Waals surface area contributed by atoms with Gasteiger partial charge in [0.1, 0.15) is 0 Å². The monoisotopic (exact) mass is 144 g/mol. The maximum absolute atomic E-state index is 10.1. The Morgan fingerprint density at radius 2 is 2.20 bits per heavy atom. The van der Waals surface area contributed by atoms with Gasteiger partial charge in [0.25, 0.3) is 0 Å². The Balaban J connectivity index is 2.43. The first kappa shape index (κ1) is 7.24. The highest BCUT2D eigenvalue weighted by molar-refractivity contribution is 5.73. The van der Waals surface area contributed by atoms with Gasteiger partial charge in [-0.25, -0.2) is 0 Å². The van der Waals surface area contributed by atoms with Crippen LogP contribution in [0.25, 0.3) is 0 Å². The number of aldehydes is 1. The van der Waals surface area contributed by atoms with Gasteiger partial charge < -0.3 is 14.6 Å². The van der Waals surface area contributed by atoms with E-state index in [1.165, 1.54) is 0 Å². The van der Waals surface area contributed by atoms with Crippen molar-refractivity contribution < 1.29 is 19.4 Å². The lowest BCUT2D eigenvalue weighted by molar-refractivity contribution is -0.358. The van der Waals surface area contributed by atoms with Crippen molar-refractivity contribution in [3.8, 4) is 0 Å². The summed E-state index contributed by atoms with van der Waals surface area (Å²) in [4.78, 5) is 10.1. The SMILES string of the molecule is CC1OC(/C(C=O)=C/O)O1. The molecular formula is C6H8O4. The van der Waals surface area contributed by atoms with Gasteiger partial charge in [-0.2, -0.15) is 0 Å². The highest BCUT2D eigenvalue weighted by Crippen LogP contribution is 2.20. The average molecular weight is 144 g/mol. The van der Waals surface area contributed by atoms with Gasteiger partial charge in [-0.15, -0.1) is 0 Å². The molecule has 0 aromatic carbocycles. The van der Waals surface area contributed by atoms with Crippen LogP contribution in [0.3, 0.4) is 0 Å². The van der Waals surface area contributed by atoms with Gasteiger partial charge in [0.2, 0.25) is 0 Å². The Bertz CT molecular complexity index is 157. The van der Waals surface area contributed by atoms with Crippen molar-refractivity contribution in [3.05, 3.63) is 11.8 Å². The first-order chi connectivity index (χ1) is 4.77. The minimum Gasteiger partial charge on any atom is -0.515 e. The lowest BCUT2D eigenvalue weighted by Crippen LogP contribution is -2.40. The largest absolute Gasteiger partial charge is 0.515 e. The number of aliphatic hydroxyl groups is 1. The zero-order valence-corrected chi connectivity index (χ0v) is 5.48. The lowest BCUT2D eigenvalue weighted by Gasteiger charge is -2.33. The molecule has 4 nitrogen and oxygen atoms in total. The zero-order valence-electron chi connectivity index (χ0n) is 5.48. The second-order valence-electron chi connectivity index (χ2n) is 1.92. The molecule has 0 atom stereocenters. The first-order valence-corrected chi connectivity index (χ1v) is 2.88. The summed E-state index contributed by atoms with van der Waals surface area (Å²) in [6, 6.07) is 0. The molecule has 0 bridgehead atoms. The molecule has 4 heteroatoms. The van der Waals surface area contributed by atoms with Gasteiger partial charge in [-0.3, -0.25) is 4.79 Å². The van der Waals surface area contributed by atoms with Crippen LogP contribution in [0, 0.1) is 0 Å². The molecule has 0 unspecified atom stereocenters. The summed E-state index contributed by atoms with van der Waals surface area (Å²) >= 11 is 0. The molecule has 0 aromatic rings. The maximum atomic E-state index is 10.1. The van der Waals surface area contributed by atoms with Crippen molar-refractivity contribution in [1.29, 1.82) is 0 Å². The van der Waals surface area contributed by atoms with Gasteiger partial charge in [0.05, 0.1) is 11.8 Å². The molecule has 1 N–H and O–H groups in total. The first-order valence-electron chi connectivity index (χ1n) is 2.88. The standard InChI is InChI=1S/C6H8O4/c1-4-9-6(10-4)5(2-7)3-8/h2-4,6-7H,1H3/b5-2+. The van der Waals surface area contributed by atoms with Gasteiger partial charge in [-0.1, -0.05) is 0 Å². The van der Waals surface area contributed by atoms with Crippen LogP contribution in [0.2, 0.25) is 0 Å². The fraction of sp³-hybridized carbons (Fsp3) is 0.500. The quantitative estimate of drug-likeness (QED) is 0.345. The average Bonchev–Trinajstić information content (AvgIpc) is 1.87. The Kier molecular flexibility index (Phi) is 2.03. The molecule has 0 spiro atoms. The molecule has 1 saturated heterocycles. The summed E-state index contributed by atoms with van der Waals surface area (Å²) in [5, 5.41) is 8.39. The van der Waals surface area contributed by atoms with E-state index in [1.807, 2.05) is 0 Å². The zero-order chi connectivity index (χ0) is 7.56. The highest BCUT2D eigenvalue weighted by Gasteiger charge is 2.30. The molecule has 1 fully saturated rings. The van der Waals surface area contributed by atoms with E-state index < -0.39 is 6.29 Å². The minimum absolute atomic E-state index is 0.109. The second kappa shape index (κ2) is 2.81. The molecule has 1 aliphatic rings. The van der Waals surface area contributed by atoms with Crippen LogP contribution in [0.1, 0.15) is 6.92 Å². The van der Waals surface area contributed by atoms with E-state index in [0.717, 1.165) is 0 Å². The van der Waals surface area contributed by atoms with Crippen molar-refractivity contribution in [2.75, 3.05) is 0 Å². The molecule has 1 rings (SSSR count). The molecule has 10 heavy (non-hydrogen) atoms. The molecule has 0 aliphatic carbocycles. The van der Waals surface area contributed by atoms with Crippen molar-refractivity contribution in [3.63, 3.8) is 0 Å². The van der Waals surface area contributed by atoms with Gasteiger partial charge in [-0.05, 0) is 6.92 Å². The third-order valence-corrected chi connectivity index (χ3v) is 1.19. The normalized spacial score (nSPS) is 33.1. The Morgan fingerprint density at radius 3 is 2.50 bits per heavy atom. The van der Waals surface area contributed by atoms with E-state index >= 15 is 0 Å². The smallest absolute Gasteiger partial charge is 0.195 e. The Hall–Kier alpha value is -0.870. The summed E-state index contributed by atoms with van der Waals surface area (Å²) in [6.07, 6.45) is 0.234. The Labute approximate surface area is 58.1 Å². The highest BCUT2D eigenvalue weighted by atomic mass is 16.9. The topological polar surface area (TPSA) is 55.8 Å². The van der Waals surface area contributed by atoms with Crippen LogP contribution in [0.5, 0.6) is 0 Å². The predicted molar refractivity (Wildman–Crippen MR) is 32.2 cm³/mol. The molecule has 1 heterocycles. The van der Waals surface area contributed by atoms with Crippen molar-refractivity contribution in [1.82, 2.24) is 0 Å². The number of carbonyl (C=O) groups excluding carboxylic acids is 1. The van der Waals surface area contributed by atoms with Crippen LogP contribution in [0.15, 0.2) is 11.8 Å². The van der Waals surface area contributed by atoms with Crippen molar-refractivity contribution in [2.45, 2.75) is 19.5 Å². The number of aliphatic hydroxyl groups excluding tert-OH is 1. The molecular weight excluding hydrogens is 136 g/mol. The Morgan fingerprint density at radius 1 is 1.60 bits per heavy atom. The fourth-order valence-electron chi connectivity index (χ4n) is 0.662. The number of hydrogen-bond acceptors (Lipinski definition) is 4. The second-order valence-corrected chi connectivity index (χ2v) is 1.92. The number of hydrogen-bond donors (Lipinski definition) is 1. The van der Waals surface area contributed by atoms with E-state index in [-0.39, 0.29) is 11.9 Å². The lowest BCUT2D eigenvalue weighted by atomic mass is 10.3. The minimum atomic E-state index is -0.669. The van der Waals surface area contributed by atoms with Crippen LogP contribution >= 0.6 is 0 Å². The summed E-state index contributed by atoms with van der Waals surface area (Å²) in [5.74, 6) is 0. The van der Waals surface area contributed by atoms with Crippen molar-refractivity contribution >= 4 is 6.29 Å². The van der Waals surface area contributed by atoms with Crippen LogP contribution < -0.4 is 0 Å². The molecule has 56 valence electrons. The maximum Gasteiger partial charge on any atom is 0.195 e. The van der Waals surface area contributed by atoms with Gasteiger partial charge in [0, 0.05) is 0 Å². The summed E-state index contributed by atoms with van der Waals surface area (Å²) in [7, 11) is 0. The van der Waals surface area contributed by atoms with E-state index in [9.17, 15) is 4.79 Å². The van der Waals surface area contributed by atoms with E-state index in [2.05, 4.69) is 0 Å². The van der Waals surface area contributed by atoms with E-state index in [1.54, 1.807) is 6.92 Å².